The molecule has 1 saturated heterocycles. The minimum atomic E-state index is -3.80. The third kappa shape index (κ3) is 15.3. The fourth-order valence-corrected chi connectivity index (χ4v) is 9.21. The van der Waals surface area contributed by atoms with Crippen molar-refractivity contribution in [2.45, 2.75) is 116 Å². The number of halogens is 1. The van der Waals surface area contributed by atoms with Crippen LogP contribution < -0.4 is 25.5 Å². The van der Waals surface area contributed by atoms with E-state index in [-0.39, 0.29) is 23.7 Å². The molecular weight excluding hydrogens is 963 g/mol. The minimum Gasteiger partial charge on any atom is -0.399 e. The van der Waals surface area contributed by atoms with Crippen LogP contribution in [0.5, 0.6) is 0 Å². The van der Waals surface area contributed by atoms with Crippen LogP contribution in [-0.2, 0) is 62.6 Å². The lowest BCUT2D eigenvalue weighted by Crippen LogP contribution is -2.49. The number of hydrogen-bond donors (Lipinski definition) is 4. The molecule has 20 heteroatoms. The smallest absolute Gasteiger partial charge is 0.399 e. The maximum atomic E-state index is 12.9. The molecule has 2 atom stereocenters. The number of sulfonamides is 2. The summed E-state index contributed by atoms with van der Waals surface area (Å²) in [5.74, 6) is -2.41. The van der Waals surface area contributed by atoms with Crippen molar-refractivity contribution in [1.29, 1.82) is 0 Å². The molecule has 64 heavy (non-hydrogen) atoms. The summed E-state index contributed by atoms with van der Waals surface area (Å²) in [5.41, 5.74) is 1.22. The monoisotopic (exact) mass is 1020 g/mol. The van der Waals surface area contributed by atoms with E-state index in [1.165, 1.54) is 22.7 Å². The molecule has 1 aliphatic heterocycles. The molecule has 2 aromatic heterocycles. The van der Waals surface area contributed by atoms with Crippen LogP contribution in [0.3, 0.4) is 0 Å². The number of carbonyl (C=O) groups is 4. The normalized spacial score (nSPS) is 15.9. The molecule has 0 spiro atoms. The Hall–Kier alpha value is -3.92. The maximum Gasteiger partial charge on any atom is 0.494 e. The van der Waals surface area contributed by atoms with Crippen molar-refractivity contribution in [3.8, 4) is 0 Å². The number of thiophene rings is 2. The Kier molecular flexibility index (Phi) is 16.7. The Morgan fingerprint density at radius 2 is 0.953 bits per heavy atom. The predicted molar refractivity (Wildman–Crippen MR) is 258 cm³/mol. The molecular formula is C44H58BBrN4O10S4. The van der Waals surface area contributed by atoms with E-state index in [1.807, 2.05) is 85.7 Å². The molecule has 1 fully saturated rings. The number of nitrogens with one attached hydrogen (secondary N) is 4. The number of benzene rings is 2. The van der Waals surface area contributed by atoms with E-state index in [4.69, 9.17) is 9.31 Å². The Morgan fingerprint density at radius 3 is 1.27 bits per heavy atom. The van der Waals surface area contributed by atoms with E-state index >= 15 is 0 Å². The molecule has 4 aromatic rings. The first-order chi connectivity index (χ1) is 29.2. The van der Waals surface area contributed by atoms with Gasteiger partial charge in [-0.25, -0.2) is 16.8 Å². The van der Waals surface area contributed by atoms with Crippen LogP contribution in [-0.4, -0.2) is 83.4 Å². The van der Waals surface area contributed by atoms with E-state index < -0.39 is 74.1 Å². The van der Waals surface area contributed by atoms with Crippen LogP contribution in [0.2, 0.25) is 0 Å². The van der Waals surface area contributed by atoms with Gasteiger partial charge < -0.3 is 19.9 Å². The molecule has 2 aromatic carbocycles. The molecule has 0 bridgehead atoms. The van der Waals surface area contributed by atoms with Crippen LogP contribution in [0.15, 0.2) is 77.3 Å². The van der Waals surface area contributed by atoms with Gasteiger partial charge in [-0.15, -0.1) is 22.7 Å². The van der Waals surface area contributed by atoms with Crippen molar-refractivity contribution in [2.24, 2.45) is 0 Å². The molecule has 14 nitrogen and oxygen atoms in total. The van der Waals surface area contributed by atoms with Crippen LogP contribution in [0.4, 0.5) is 0 Å². The van der Waals surface area contributed by atoms with Crippen LogP contribution in [0, 0.1) is 0 Å². The van der Waals surface area contributed by atoms with Crippen LogP contribution in [0.25, 0.3) is 0 Å². The first kappa shape index (κ1) is 52.7. The van der Waals surface area contributed by atoms with E-state index in [1.54, 1.807) is 24.3 Å². The topological polar surface area (TPSA) is 203 Å². The molecule has 4 N–H and O–H groups in total. The Balaban J connectivity index is 0.000000290. The number of rotatable bonds is 13. The van der Waals surface area contributed by atoms with Crippen molar-refractivity contribution in [3.63, 3.8) is 0 Å². The van der Waals surface area contributed by atoms with Gasteiger partial charge >= 0.3 is 7.12 Å². The average Bonchev–Trinajstić information content (AvgIpc) is 3.90. The summed E-state index contributed by atoms with van der Waals surface area (Å²) in [6, 6.07) is 19.7. The summed E-state index contributed by atoms with van der Waals surface area (Å²) in [6.07, 6.45) is 2.07. The second kappa shape index (κ2) is 20.3. The van der Waals surface area contributed by atoms with Gasteiger partial charge in [0, 0.05) is 27.1 Å². The summed E-state index contributed by atoms with van der Waals surface area (Å²) >= 11 is 6.04. The molecule has 0 radical (unpaired) electrons. The molecule has 0 unspecified atom stereocenters. The number of amides is 4. The minimum absolute atomic E-state index is 0.0896. The largest absolute Gasteiger partial charge is 0.494 e. The quantitative estimate of drug-likeness (QED) is 0.115. The van der Waals surface area contributed by atoms with Gasteiger partial charge in [-0.2, -0.15) is 0 Å². The summed E-state index contributed by atoms with van der Waals surface area (Å²) in [6.45, 7) is 20.2. The summed E-state index contributed by atoms with van der Waals surface area (Å²) < 4.78 is 63.3. The van der Waals surface area contributed by atoms with Gasteiger partial charge in [-0.1, -0.05) is 93.9 Å². The van der Waals surface area contributed by atoms with E-state index in [0.29, 0.717) is 9.75 Å². The van der Waals surface area contributed by atoms with E-state index in [9.17, 15) is 36.0 Å². The van der Waals surface area contributed by atoms with E-state index in [2.05, 4.69) is 68.1 Å². The summed E-state index contributed by atoms with van der Waals surface area (Å²) in [4.78, 5) is 53.8. The summed E-state index contributed by atoms with van der Waals surface area (Å²) in [5, 5.41) is 5.37. The highest BCUT2D eigenvalue weighted by atomic mass is 79.9. The maximum absolute atomic E-state index is 12.9. The van der Waals surface area contributed by atoms with Crippen molar-refractivity contribution in [2.75, 3.05) is 12.5 Å². The third-order valence-corrected chi connectivity index (χ3v) is 14.9. The van der Waals surface area contributed by atoms with Crippen molar-refractivity contribution >= 4 is 94.9 Å². The molecule has 348 valence electrons. The molecule has 1 aliphatic rings. The SMILES string of the molecule is CC(C)(C)c1ccc(C(=O)N[C@@H](Cc2ccc(B3OC(C)(C)C(C)(C)O3)cc2)C(=O)NS(C)(=O)=O)s1.CC(C)(C)c1ccc(C(=O)N[C@@H](Cc2ccc(Br)cc2)C(=O)NS(C)(=O)=O)s1. The second-order valence-corrected chi connectivity index (χ2v) is 25.3. The standard InChI is InChI=1S/C25H35BN2O6S2.C19H23BrN2O4S2/c1-23(2,3)20-14-13-19(35-20)22(30)27-18(21(29)28-36(8,31)32)15-16-9-11-17(12-10-16)26-33-24(4,5)25(6,7)34-26;1-19(2,3)16-10-9-15(27-16)18(24)21-14(17(23)22-28(4,25)26)11-12-5-7-13(20)8-6-12/h9-14,18H,15H2,1-8H3,(H,27,30)(H,28,29);5-10,14H,11H2,1-4H3,(H,21,24)(H,22,23)/t18-;14-/m00/s1. The fourth-order valence-electron chi connectivity index (χ4n) is 5.99. The van der Waals surface area contributed by atoms with Crippen molar-refractivity contribution in [1.82, 2.24) is 20.1 Å². The zero-order valence-electron chi connectivity index (χ0n) is 38.2. The first-order valence-corrected chi connectivity index (χ1v) is 26.5. The van der Waals surface area contributed by atoms with Gasteiger partial charge in [0.05, 0.1) is 33.5 Å². The van der Waals surface area contributed by atoms with Gasteiger partial charge in [0.15, 0.2) is 0 Å². The molecule has 0 saturated carbocycles. The Bertz CT molecular complexity index is 2530. The average molecular weight is 1020 g/mol. The first-order valence-electron chi connectivity index (χ1n) is 20.3. The third-order valence-electron chi connectivity index (χ3n) is 10.3. The lowest BCUT2D eigenvalue weighted by Gasteiger charge is -2.32. The highest BCUT2D eigenvalue weighted by Gasteiger charge is 2.51. The zero-order chi connectivity index (χ0) is 48.2. The highest BCUT2D eigenvalue weighted by Crippen LogP contribution is 2.36. The highest BCUT2D eigenvalue weighted by molar-refractivity contribution is 9.10. The number of hydrogen-bond acceptors (Lipinski definition) is 12. The molecule has 3 heterocycles. The van der Waals surface area contributed by atoms with Gasteiger partial charge in [0.1, 0.15) is 12.1 Å². The fraction of sp³-hybridized carbons (Fsp3) is 0.455. The number of carbonyl (C=O) groups excluding carboxylic acids is 4. The Labute approximate surface area is 394 Å². The molecule has 0 aliphatic carbocycles. The molecule has 4 amide bonds. The van der Waals surface area contributed by atoms with Gasteiger partial charge in [0.25, 0.3) is 23.6 Å². The molecule has 5 rings (SSSR count). The van der Waals surface area contributed by atoms with E-state index in [0.717, 1.165) is 43.3 Å². The zero-order valence-corrected chi connectivity index (χ0v) is 43.0. The van der Waals surface area contributed by atoms with Crippen LogP contribution in [0.1, 0.15) is 109 Å². The van der Waals surface area contributed by atoms with Gasteiger partial charge in [-0.05, 0) is 91.5 Å². The van der Waals surface area contributed by atoms with Crippen molar-refractivity contribution in [3.05, 3.63) is 108 Å². The van der Waals surface area contributed by atoms with Crippen LogP contribution >= 0.6 is 38.6 Å². The Morgan fingerprint density at radius 1 is 0.609 bits per heavy atom. The predicted octanol–water partition coefficient (Wildman–Crippen LogP) is 5.99. The lowest BCUT2D eigenvalue weighted by atomic mass is 9.78. The lowest BCUT2D eigenvalue weighted by molar-refractivity contribution is -0.121. The van der Waals surface area contributed by atoms with Gasteiger partial charge in [0.2, 0.25) is 20.0 Å². The summed E-state index contributed by atoms with van der Waals surface area (Å²) in [7, 11) is -8.06. The van der Waals surface area contributed by atoms with Crippen molar-refractivity contribution < 1.29 is 45.3 Å². The second-order valence-electron chi connectivity index (χ2n) is 18.7. The van der Waals surface area contributed by atoms with Gasteiger partial charge in [-0.3, -0.25) is 28.6 Å².